The van der Waals surface area contributed by atoms with Crippen molar-refractivity contribution in [2.24, 2.45) is 23.7 Å². The van der Waals surface area contributed by atoms with Gasteiger partial charge in [0.2, 0.25) is 0 Å². The monoisotopic (exact) mass is 1120 g/mol. The van der Waals surface area contributed by atoms with Gasteiger partial charge in [-0.2, -0.15) is 0 Å². The molecule has 3 saturated heterocycles. The quantitative estimate of drug-likeness (QED) is 0.0479. The third kappa shape index (κ3) is 15.1. The molecular formula is C64H101N2O12P. The summed E-state index contributed by atoms with van der Waals surface area (Å²) in [5.74, 6) is -3.66. The molecule has 14 nitrogen and oxygen atoms in total. The van der Waals surface area contributed by atoms with E-state index in [1.165, 1.54) is 29.9 Å². The van der Waals surface area contributed by atoms with Crippen LogP contribution in [0, 0.1) is 23.7 Å². The summed E-state index contributed by atoms with van der Waals surface area (Å²) in [5, 5.41) is 65.2. The van der Waals surface area contributed by atoms with E-state index in [-0.39, 0.29) is 56.2 Å². The molecule has 0 radical (unpaired) electrons. The Kier molecular flexibility index (Phi) is 23.2. The number of unbranched alkanes of at least 4 members (excludes halogenated alkanes) is 5. The Balaban J connectivity index is 1.24. The minimum atomic E-state index is -2.33. The zero-order valence-electron chi connectivity index (χ0n) is 50.0. The van der Waals surface area contributed by atoms with Crippen molar-refractivity contribution in [3.63, 3.8) is 0 Å². The predicted molar refractivity (Wildman–Crippen MR) is 316 cm³/mol. The van der Waals surface area contributed by atoms with Gasteiger partial charge in [-0.05, 0) is 73.9 Å². The molecule has 3 aliphatic heterocycles. The predicted octanol–water partition coefficient (Wildman–Crippen LogP) is 7.53. The fraction of sp³-hybridized carbons (Fsp3) is 0.688. The number of aliphatic hydroxyl groups excluding tert-OH is 3. The molecule has 15 heteroatoms. The van der Waals surface area contributed by atoms with Crippen molar-refractivity contribution >= 4 is 35.1 Å². The minimum absolute atomic E-state index is 0.100. The molecule has 6 rings (SSSR count). The van der Waals surface area contributed by atoms with E-state index in [0.717, 1.165) is 38.3 Å². The molecule has 3 fully saturated rings. The molecule has 1 amide bonds. The standard InChI is InChI=1S/C64H101N2O12P/c1-14-53-64(10,73)57(69)46(6)66(54(67)36-28-17-15-16-18-29-37-79(48-30-22-19-23-31-48,49-32-24-20-25-33-49)50-34-26-21-27-35-50)41-42(2)39-62(8,72)59(78-61-56(68)51(65(11)12)38-43(3)75-61)44(4)55(45(5)60(71)77-53)52-40-63(9,74-13)58(70)47(7)76-52/h19-27,30-35,42-47,51-53,55-59,61,68-70,72-73,79H,14-18,28-29,36-41H2,1-13H3/t42-,43-,44+,45-,46-,47+,51+,52?,53-,55+,56-,57-,58+,59-,61+,62-,63-,64-/m1/s1. The van der Waals surface area contributed by atoms with Gasteiger partial charge in [0.15, 0.2) is 6.29 Å². The number of nitrogens with zero attached hydrogens (tertiary/aromatic N) is 2. The van der Waals surface area contributed by atoms with Gasteiger partial charge in [-0.1, -0.05) is 27.7 Å². The van der Waals surface area contributed by atoms with Crippen LogP contribution in [0.25, 0.3) is 0 Å². The molecule has 3 aliphatic rings. The summed E-state index contributed by atoms with van der Waals surface area (Å²) in [7, 11) is 2.99. The molecule has 18 atom stereocenters. The molecule has 0 aliphatic carbocycles. The van der Waals surface area contributed by atoms with E-state index in [2.05, 4.69) is 91.0 Å². The van der Waals surface area contributed by atoms with Gasteiger partial charge >= 0.3 is 218 Å². The Morgan fingerprint density at radius 2 is 1.29 bits per heavy atom. The third-order valence-electron chi connectivity index (χ3n) is 18.6. The molecule has 444 valence electrons. The Labute approximate surface area is 474 Å². The molecule has 0 bridgehead atoms. The summed E-state index contributed by atoms with van der Waals surface area (Å²) in [6.45, 7) is 17.8. The molecular weight excluding hydrogens is 1020 g/mol. The van der Waals surface area contributed by atoms with Crippen LogP contribution in [0.15, 0.2) is 91.0 Å². The number of likely N-dealkylation sites (N-methyl/N-ethyl adjacent to an activating group) is 1. The van der Waals surface area contributed by atoms with Crippen LogP contribution in [-0.4, -0.2) is 165 Å². The van der Waals surface area contributed by atoms with Crippen molar-refractivity contribution in [1.29, 1.82) is 0 Å². The van der Waals surface area contributed by atoms with E-state index in [1.807, 2.05) is 46.7 Å². The van der Waals surface area contributed by atoms with Crippen molar-refractivity contribution < 1.29 is 58.8 Å². The van der Waals surface area contributed by atoms with Crippen LogP contribution in [0.1, 0.15) is 140 Å². The number of esters is 1. The number of carbonyl (C=O) groups excluding carboxylic acids is 2. The van der Waals surface area contributed by atoms with Crippen molar-refractivity contribution in [2.75, 3.05) is 33.9 Å². The average Bonchev–Trinajstić information content (AvgIpc) is 3.49. The smallest absolute Gasteiger partial charge is 0.388 e. The molecule has 0 aromatic heterocycles. The Bertz CT molecular complexity index is 2230. The summed E-state index contributed by atoms with van der Waals surface area (Å²) in [6, 6.07) is 31.8. The van der Waals surface area contributed by atoms with E-state index in [9.17, 15) is 35.1 Å². The first-order chi connectivity index (χ1) is 37.3. The number of aliphatic hydroxyl groups is 5. The number of rotatable bonds is 18. The molecule has 0 spiro atoms. The molecule has 1 unspecified atom stereocenters. The maximum atomic E-state index is 14.8. The number of carbonyl (C=O) groups is 2. The zero-order valence-corrected chi connectivity index (χ0v) is 51.0. The van der Waals surface area contributed by atoms with E-state index in [0.29, 0.717) is 12.8 Å². The SMILES string of the molecule is CC[C@H]1OC(=O)[C@H](C)[C@@H](C2C[C@@](C)(OC)[C@@H](O)[C@H](C)O2)[C@H](C)[C@@H](O[C@@H]2O[C@H](C)C[C@H](N(C)C)[C@H]2O)[C@](C)(O)C[C@@H](C)CN(C(=O)CCCCCCCC[PH](c2ccccc2)(c2ccccc2)c2ccccc2)[C@H](C)[C@@H](O)[C@]1(C)O. The number of methoxy groups -OCH3 is 1. The first kappa shape index (κ1) is 64.8. The van der Waals surface area contributed by atoms with Gasteiger partial charge in [0.1, 0.15) is 23.9 Å². The summed E-state index contributed by atoms with van der Waals surface area (Å²) in [4.78, 5) is 33.1. The van der Waals surface area contributed by atoms with Crippen LogP contribution in [-0.2, 0) is 33.3 Å². The third-order valence-corrected chi connectivity index (χ3v) is 23.6. The Morgan fingerprint density at radius 1 is 0.759 bits per heavy atom. The van der Waals surface area contributed by atoms with Gasteiger partial charge in [-0.15, -0.1) is 0 Å². The Morgan fingerprint density at radius 3 is 1.81 bits per heavy atom. The van der Waals surface area contributed by atoms with Crippen molar-refractivity contribution in [1.82, 2.24) is 9.80 Å². The van der Waals surface area contributed by atoms with Crippen molar-refractivity contribution in [3.05, 3.63) is 91.0 Å². The van der Waals surface area contributed by atoms with Crippen LogP contribution in [0.3, 0.4) is 0 Å². The number of amides is 1. The summed E-state index contributed by atoms with van der Waals surface area (Å²) >= 11 is 0. The molecule has 5 N–H and O–H groups in total. The number of cyclic esters (lactones) is 1. The van der Waals surface area contributed by atoms with Gasteiger partial charge in [0.25, 0.3) is 0 Å². The van der Waals surface area contributed by atoms with Crippen LogP contribution < -0.4 is 15.9 Å². The summed E-state index contributed by atoms with van der Waals surface area (Å²) < 4.78 is 32.2. The summed E-state index contributed by atoms with van der Waals surface area (Å²) in [6.07, 6.45) is -0.902. The van der Waals surface area contributed by atoms with Gasteiger partial charge in [-0.25, -0.2) is 0 Å². The van der Waals surface area contributed by atoms with E-state index < -0.39 is 103 Å². The minimum Gasteiger partial charge on any atom is -0.388 e. The number of benzene rings is 3. The van der Waals surface area contributed by atoms with Gasteiger partial charge in [0, 0.05) is 25.5 Å². The van der Waals surface area contributed by atoms with Crippen molar-refractivity contribution in [2.45, 2.75) is 224 Å². The van der Waals surface area contributed by atoms with Crippen LogP contribution in [0.2, 0.25) is 0 Å². The number of hydrogen-bond acceptors (Lipinski definition) is 13. The van der Waals surface area contributed by atoms with Gasteiger partial charge < -0.3 is 54.1 Å². The first-order valence-electron chi connectivity index (χ1n) is 29.7. The normalized spacial score (nSPS) is 36.7. The van der Waals surface area contributed by atoms with Gasteiger partial charge in [-0.3, -0.25) is 4.79 Å². The molecule has 3 aromatic carbocycles. The number of ether oxygens (including phenoxy) is 5. The number of hydrogen-bond donors (Lipinski definition) is 5. The van der Waals surface area contributed by atoms with Gasteiger partial charge in [0.05, 0.1) is 41.5 Å². The van der Waals surface area contributed by atoms with E-state index >= 15 is 0 Å². The first-order valence-corrected chi connectivity index (χ1v) is 31.9. The van der Waals surface area contributed by atoms with Crippen molar-refractivity contribution in [3.8, 4) is 0 Å². The second kappa shape index (κ2) is 28.3. The van der Waals surface area contributed by atoms with E-state index in [1.54, 1.807) is 39.5 Å². The topological polar surface area (TPSA) is 188 Å². The fourth-order valence-electron chi connectivity index (χ4n) is 14.0. The maximum absolute atomic E-state index is 14.8. The molecule has 0 saturated carbocycles. The zero-order chi connectivity index (χ0) is 58.0. The molecule has 3 aromatic rings. The van der Waals surface area contributed by atoms with E-state index in [4.69, 9.17) is 23.7 Å². The summed E-state index contributed by atoms with van der Waals surface area (Å²) in [5.41, 5.74) is -4.74. The Hall–Kier alpha value is -3.37. The second-order valence-electron chi connectivity index (χ2n) is 25.0. The fourth-order valence-corrected chi connectivity index (χ4v) is 18.9. The molecule has 79 heavy (non-hydrogen) atoms. The second-order valence-corrected chi connectivity index (χ2v) is 29.0. The van der Waals surface area contributed by atoms with Crippen LogP contribution in [0.4, 0.5) is 0 Å². The van der Waals surface area contributed by atoms with Crippen LogP contribution in [0.5, 0.6) is 0 Å². The molecule has 3 heterocycles. The van der Waals surface area contributed by atoms with Crippen LogP contribution >= 0.6 is 7.26 Å². The average molecular weight is 1120 g/mol.